The molecule has 3 N–H and O–H groups in total. The smallest absolute Gasteiger partial charge is 0.255 e. The maximum atomic E-state index is 12.4. The van der Waals surface area contributed by atoms with Crippen LogP contribution >= 0.6 is 0 Å². The lowest BCUT2D eigenvalue weighted by Gasteiger charge is -2.09. The lowest BCUT2D eigenvalue weighted by Crippen LogP contribution is -2.13. The summed E-state index contributed by atoms with van der Waals surface area (Å²) in [6.45, 7) is 1.58. The van der Waals surface area contributed by atoms with Gasteiger partial charge < -0.3 is 20.2 Å². The molecule has 1 heterocycles. The van der Waals surface area contributed by atoms with Crippen LogP contribution in [0, 0.1) is 6.92 Å². The molecule has 1 aromatic heterocycles. The number of aryl methyl sites for hydroxylation is 1. The van der Waals surface area contributed by atoms with Crippen LogP contribution in [0.25, 0.3) is 11.5 Å². The van der Waals surface area contributed by atoms with Crippen molar-refractivity contribution in [3.63, 3.8) is 0 Å². The van der Waals surface area contributed by atoms with Crippen LogP contribution < -0.4 is 15.8 Å². The molecule has 0 bridgehead atoms. The van der Waals surface area contributed by atoms with E-state index in [-0.39, 0.29) is 19.1 Å². The predicted molar refractivity (Wildman–Crippen MR) is 107 cm³/mol. The van der Waals surface area contributed by atoms with Gasteiger partial charge in [0, 0.05) is 30.3 Å². The van der Waals surface area contributed by atoms with E-state index in [0.717, 1.165) is 5.56 Å². The molecular weight excluding hydrogens is 375 g/mol. The standard InChI is InChI=1S/C21H21FN4O3/c1-14-25-26-21(29-14)17-2-6-18(7-3-17)24-20(27)16-4-8-19(9-5-16)28-13-15(12-23)10-11-22/h2-10H,11-13,23H2,1H3,(H,24,27)/b15-10-. The Morgan fingerprint density at radius 2 is 1.90 bits per heavy atom. The topological polar surface area (TPSA) is 103 Å². The number of ether oxygens (including phenoxy) is 1. The number of nitrogens with two attached hydrogens (primary N) is 1. The third-order valence-electron chi connectivity index (χ3n) is 4.08. The van der Waals surface area contributed by atoms with Gasteiger partial charge in [0.1, 0.15) is 19.0 Å². The molecule has 7 nitrogen and oxygen atoms in total. The molecule has 0 atom stereocenters. The number of benzene rings is 2. The highest BCUT2D eigenvalue weighted by atomic mass is 19.1. The van der Waals surface area contributed by atoms with Gasteiger partial charge in [-0.1, -0.05) is 0 Å². The maximum Gasteiger partial charge on any atom is 0.255 e. The minimum Gasteiger partial charge on any atom is -0.489 e. The van der Waals surface area contributed by atoms with Crippen LogP contribution in [0.3, 0.4) is 0 Å². The largest absolute Gasteiger partial charge is 0.489 e. The third-order valence-corrected chi connectivity index (χ3v) is 4.08. The van der Waals surface area contributed by atoms with Crippen molar-refractivity contribution in [2.75, 3.05) is 25.1 Å². The number of nitrogens with one attached hydrogen (secondary N) is 1. The first-order valence-electron chi connectivity index (χ1n) is 8.97. The van der Waals surface area contributed by atoms with Gasteiger partial charge >= 0.3 is 0 Å². The fourth-order valence-electron chi connectivity index (χ4n) is 2.50. The summed E-state index contributed by atoms with van der Waals surface area (Å²) in [5.41, 5.74) is 8.08. The SMILES string of the molecule is Cc1nnc(-c2ccc(NC(=O)c3ccc(OC/C(=C\CF)CN)cc3)cc2)o1. The third kappa shape index (κ3) is 5.49. The zero-order valence-electron chi connectivity index (χ0n) is 15.9. The van der Waals surface area contributed by atoms with Crippen molar-refractivity contribution in [2.24, 2.45) is 5.73 Å². The lowest BCUT2D eigenvalue weighted by molar-refractivity contribution is 0.102. The van der Waals surface area contributed by atoms with Gasteiger partial charge in [-0.3, -0.25) is 4.79 Å². The molecule has 2 aromatic carbocycles. The number of alkyl halides is 1. The van der Waals surface area contributed by atoms with E-state index in [2.05, 4.69) is 15.5 Å². The minimum absolute atomic E-state index is 0.206. The fourth-order valence-corrected chi connectivity index (χ4v) is 2.50. The second kappa shape index (κ2) is 9.61. The number of aromatic nitrogens is 2. The number of anilines is 1. The first kappa shape index (κ1) is 20.2. The van der Waals surface area contributed by atoms with Gasteiger partial charge in [0.05, 0.1) is 0 Å². The number of nitrogens with zero attached hydrogens (tertiary/aromatic N) is 2. The molecule has 3 aromatic rings. The van der Waals surface area contributed by atoms with Crippen LogP contribution in [-0.2, 0) is 0 Å². The summed E-state index contributed by atoms with van der Waals surface area (Å²) in [6.07, 6.45) is 1.40. The fraction of sp³-hybridized carbons (Fsp3) is 0.190. The summed E-state index contributed by atoms with van der Waals surface area (Å²) >= 11 is 0. The molecule has 0 saturated heterocycles. The zero-order chi connectivity index (χ0) is 20.6. The Hall–Kier alpha value is -3.52. The Labute approximate surface area is 167 Å². The van der Waals surface area contributed by atoms with Crippen LogP contribution in [0.1, 0.15) is 16.2 Å². The average molecular weight is 396 g/mol. The van der Waals surface area contributed by atoms with Gasteiger partial charge in [-0.05, 0) is 60.2 Å². The first-order chi connectivity index (χ1) is 14.1. The Morgan fingerprint density at radius 3 is 2.48 bits per heavy atom. The van der Waals surface area contributed by atoms with E-state index in [1.165, 1.54) is 6.08 Å². The molecule has 0 radical (unpaired) electrons. The van der Waals surface area contributed by atoms with Crippen molar-refractivity contribution in [3.05, 3.63) is 71.6 Å². The Kier molecular flexibility index (Phi) is 6.70. The highest BCUT2D eigenvalue weighted by Gasteiger charge is 2.09. The van der Waals surface area contributed by atoms with Gasteiger partial charge in [0.25, 0.3) is 5.91 Å². The number of halogens is 1. The maximum absolute atomic E-state index is 12.4. The molecule has 150 valence electrons. The summed E-state index contributed by atoms with van der Waals surface area (Å²) < 4.78 is 23.3. The van der Waals surface area contributed by atoms with Gasteiger partial charge in [-0.25, -0.2) is 4.39 Å². The van der Waals surface area contributed by atoms with Gasteiger partial charge in [0.2, 0.25) is 11.8 Å². The van der Waals surface area contributed by atoms with Crippen molar-refractivity contribution in [2.45, 2.75) is 6.92 Å². The molecule has 0 spiro atoms. The number of amides is 1. The van der Waals surface area contributed by atoms with E-state index in [9.17, 15) is 9.18 Å². The summed E-state index contributed by atoms with van der Waals surface area (Å²) in [5.74, 6) is 1.23. The van der Waals surface area contributed by atoms with E-state index in [0.29, 0.717) is 34.4 Å². The quantitative estimate of drug-likeness (QED) is 0.565. The minimum atomic E-state index is -0.579. The number of allylic oxidation sites excluding steroid dienone is 1. The van der Waals surface area contributed by atoms with Crippen molar-refractivity contribution < 1.29 is 18.3 Å². The highest BCUT2D eigenvalue weighted by Crippen LogP contribution is 2.21. The van der Waals surface area contributed by atoms with E-state index >= 15 is 0 Å². The van der Waals surface area contributed by atoms with E-state index in [4.69, 9.17) is 14.9 Å². The van der Waals surface area contributed by atoms with E-state index < -0.39 is 6.67 Å². The normalized spacial score (nSPS) is 11.3. The summed E-state index contributed by atoms with van der Waals surface area (Å²) in [4.78, 5) is 12.4. The summed E-state index contributed by atoms with van der Waals surface area (Å²) in [6, 6.07) is 13.8. The van der Waals surface area contributed by atoms with Gasteiger partial charge in [-0.15, -0.1) is 10.2 Å². The van der Waals surface area contributed by atoms with Gasteiger partial charge in [-0.2, -0.15) is 0 Å². The molecule has 0 unspecified atom stereocenters. The van der Waals surface area contributed by atoms with Crippen LogP contribution in [-0.4, -0.2) is 35.9 Å². The monoisotopic (exact) mass is 396 g/mol. The molecule has 29 heavy (non-hydrogen) atoms. The molecule has 8 heteroatoms. The number of carbonyl (C=O) groups excluding carboxylic acids is 1. The summed E-state index contributed by atoms with van der Waals surface area (Å²) in [7, 11) is 0. The van der Waals surface area contributed by atoms with E-state index in [1.54, 1.807) is 55.5 Å². The second-order valence-corrected chi connectivity index (χ2v) is 6.19. The molecule has 1 amide bonds. The molecule has 0 aliphatic heterocycles. The van der Waals surface area contributed by atoms with Crippen molar-refractivity contribution in [3.8, 4) is 17.2 Å². The van der Waals surface area contributed by atoms with Crippen molar-refractivity contribution >= 4 is 11.6 Å². The van der Waals surface area contributed by atoms with Gasteiger partial charge in [0.15, 0.2) is 0 Å². The first-order valence-corrected chi connectivity index (χ1v) is 8.97. The van der Waals surface area contributed by atoms with Crippen LogP contribution in [0.4, 0.5) is 10.1 Å². The predicted octanol–water partition coefficient (Wildman–Crippen LogP) is 3.53. The Balaban J connectivity index is 1.58. The molecule has 0 fully saturated rings. The second-order valence-electron chi connectivity index (χ2n) is 6.19. The zero-order valence-corrected chi connectivity index (χ0v) is 15.9. The van der Waals surface area contributed by atoms with Crippen LogP contribution in [0.5, 0.6) is 5.75 Å². The Bertz CT molecular complexity index is 982. The molecule has 0 aliphatic rings. The van der Waals surface area contributed by atoms with Crippen LogP contribution in [0.2, 0.25) is 0 Å². The number of hydrogen-bond donors (Lipinski definition) is 2. The average Bonchev–Trinajstić information content (AvgIpc) is 3.18. The summed E-state index contributed by atoms with van der Waals surface area (Å²) in [5, 5.41) is 10.6. The molecule has 3 rings (SSSR count). The van der Waals surface area contributed by atoms with E-state index in [1.807, 2.05) is 0 Å². The highest BCUT2D eigenvalue weighted by molar-refractivity contribution is 6.04. The molecule has 0 saturated carbocycles. The van der Waals surface area contributed by atoms with Crippen molar-refractivity contribution in [1.29, 1.82) is 0 Å². The number of carbonyl (C=O) groups is 1. The molecule has 0 aliphatic carbocycles. The lowest BCUT2D eigenvalue weighted by atomic mass is 10.1. The van der Waals surface area contributed by atoms with Crippen LogP contribution in [0.15, 0.2) is 64.6 Å². The Morgan fingerprint density at radius 1 is 1.17 bits per heavy atom. The number of rotatable bonds is 8. The number of hydrogen-bond acceptors (Lipinski definition) is 6. The molecular formula is C21H21FN4O3. The van der Waals surface area contributed by atoms with Crippen molar-refractivity contribution in [1.82, 2.24) is 10.2 Å².